The number of carbonyl (C=O) groups excluding carboxylic acids is 1. The fourth-order valence-electron chi connectivity index (χ4n) is 3.47. The van der Waals surface area contributed by atoms with Gasteiger partial charge in [0.25, 0.3) is 5.91 Å². The number of aliphatic hydroxyl groups excluding tert-OH is 1. The zero-order valence-corrected chi connectivity index (χ0v) is 16.1. The highest BCUT2D eigenvalue weighted by atomic mass is 16.5. The minimum Gasteiger partial charge on any atom is -0.486 e. The maximum Gasteiger partial charge on any atom is 0.276 e. The summed E-state index contributed by atoms with van der Waals surface area (Å²) in [6.45, 7) is 6.01. The molecule has 1 atom stereocenters. The summed E-state index contributed by atoms with van der Waals surface area (Å²) in [6.07, 6.45) is 3.84. The summed E-state index contributed by atoms with van der Waals surface area (Å²) < 4.78 is 11.0. The maximum absolute atomic E-state index is 12.7. The number of piperidine rings is 1. The molecule has 2 heterocycles. The topological polar surface area (TPSA) is 75.8 Å². The average molecular weight is 372 g/mol. The largest absolute Gasteiger partial charge is 0.486 e. The van der Waals surface area contributed by atoms with E-state index in [9.17, 15) is 4.79 Å². The predicted molar refractivity (Wildman–Crippen MR) is 102 cm³/mol. The number of benzene rings is 1. The Balaban J connectivity index is 1.56. The molecule has 1 fully saturated rings. The fourth-order valence-corrected chi connectivity index (χ4v) is 3.47. The molecular formula is C21H28N2O4. The summed E-state index contributed by atoms with van der Waals surface area (Å²) >= 11 is 0. The lowest BCUT2D eigenvalue weighted by atomic mass is 9.93. The number of nitrogens with zero attached hydrogens (tertiary/aromatic N) is 2. The van der Waals surface area contributed by atoms with Gasteiger partial charge in [-0.05, 0) is 68.7 Å². The van der Waals surface area contributed by atoms with E-state index in [-0.39, 0.29) is 19.1 Å². The number of amides is 1. The number of ether oxygens (including phenoxy) is 1. The molecule has 1 saturated heterocycles. The summed E-state index contributed by atoms with van der Waals surface area (Å²) in [6, 6.07) is 7.59. The smallest absolute Gasteiger partial charge is 0.276 e. The second-order valence-corrected chi connectivity index (χ2v) is 7.34. The molecule has 1 N–H and O–H groups in total. The number of rotatable bonds is 7. The Labute approximate surface area is 160 Å². The van der Waals surface area contributed by atoms with E-state index in [1.165, 1.54) is 11.1 Å². The Hall–Kier alpha value is -2.34. The third-order valence-electron chi connectivity index (χ3n) is 5.21. The maximum atomic E-state index is 12.7. The Morgan fingerprint density at radius 3 is 2.96 bits per heavy atom. The van der Waals surface area contributed by atoms with Crippen LogP contribution in [0.5, 0.6) is 5.75 Å². The number of hydrogen-bond donors (Lipinski definition) is 1. The SMILES string of the molecule is Cc1ccc(OCc2cc(C(=O)N3CCCC(CCCO)C3)no2)cc1C. The molecule has 0 spiro atoms. The van der Waals surface area contributed by atoms with Gasteiger partial charge in [-0.15, -0.1) is 0 Å². The van der Waals surface area contributed by atoms with Gasteiger partial charge in [-0.1, -0.05) is 11.2 Å². The van der Waals surface area contributed by atoms with E-state index in [1.807, 2.05) is 30.0 Å². The predicted octanol–water partition coefficient (Wildman–Crippen LogP) is 3.50. The molecule has 146 valence electrons. The molecule has 2 aromatic rings. The normalized spacial score (nSPS) is 17.1. The van der Waals surface area contributed by atoms with Gasteiger partial charge in [0.15, 0.2) is 11.5 Å². The van der Waals surface area contributed by atoms with Crippen molar-refractivity contribution in [3.05, 3.63) is 46.8 Å². The van der Waals surface area contributed by atoms with E-state index in [2.05, 4.69) is 12.1 Å². The zero-order valence-electron chi connectivity index (χ0n) is 16.1. The van der Waals surface area contributed by atoms with Gasteiger partial charge >= 0.3 is 0 Å². The van der Waals surface area contributed by atoms with E-state index < -0.39 is 0 Å². The standard InChI is InChI=1S/C21H28N2O4/c1-15-7-8-18(11-16(15)2)26-14-19-12-20(22-27-19)21(25)23-9-3-5-17(13-23)6-4-10-24/h7-8,11-12,17,24H,3-6,9-10,13-14H2,1-2H3. The number of aryl methyl sites for hydroxylation is 2. The molecule has 1 amide bonds. The Morgan fingerprint density at radius 2 is 2.19 bits per heavy atom. The highest BCUT2D eigenvalue weighted by molar-refractivity contribution is 5.92. The van der Waals surface area contributed by atoms with Crippen LogP contribution >= 0.6 is 0 Å². The molecule has 1 unspecified atom stereocenters. The van der Waals surface area contributed by atoms with Gasteiger partial charge in [0.2, 0.25) is 0 Å². The Kier molecular flexibility index (Phi) is 6.50. The van der Waals surface area contributed by atoms with Gasteiger partial charge in [-0.2, -0.15) is 0 Å². The molecule has 0 bridgehead atoms. The summed E-state index contributed by atoms with van der Waals surface area (Å²) in [5.74, 6) is 1.66. The van der Waals surface area contributed by atoms with Gasteiger partial charge in [-0.25, -0.2) is 0 Å². The molecule has 1 aromatic carbocycles. The molecule has 1 aliphatic heterocycles. The Bertz CT molecular complexity index is 771. The molecule has 0 aliphatic carbocycles. The lowest BCUT2D eigenvalue weighted by Crippen LogP contribution is -2.40. The minimum atomic E-state index is -0.0927. The van der Waals surface area contributed by atoms with Crippen LogP contribution in [0.1, 0.15) is 53.1 Å². The third kappa shape index (κ3) is 5.10. The fraction of sp³-hybridized carbons (Fsp3) is 0.524. The Morgan fingerprint density at radius 1 is 1.33 bits per heavy atom. The molecule has 6 nitrogen and oxygen atoms in total. The number of aliphatic hydroxyl groups is 1. The van der Waals surface area contributed by atoms with Crippen molar-refractivity contribution in [2.45, 2.75) is 46.1 Å². The molecule has 0 saturated carbocycles. The highest BCUT2D eigenvalue weighted by Gasteiger charge is 2.26. The van der Waals surface area contributed by atoms with Crippen LogP contribution in [-0.4, -0.2) is 40.8 Å². The molecule has 3 rings (SSSR count). The summed E-state index contributed by atoms with van der Waals surface area (Å²) in [4.78, 5) is 14.5. The van der Waals surface area contributed by atoms with Crippen molar-refractivity contribution in [2.24, 2.45) is 5.92 Å². The zero-order chi connectivity index (χ0) is 19.2. The van der Waals surface area contributed by atoms with Gasteiger partial charge < -0.3 is 19.3 Å². The van der Waals surface area contributed by atoms with Crippen LogP contribution in [0.4, 0.5) is 0 Å². The third-order valence-corrected chi connectivity index (χ3v) is 5.21. The lowest BCUT2D eigenvalue weighted by Gasteiger charge is -2.32. The van der Waals surface area contributed by atoms with E-state index in [0.717, 1.165) is 44.5 Å². The molecule has 6 heteroatoms. The number of aromatic nitrogens is 1. The van der Waals surface area contributed by atoms with E-state index in [4.69, 9.17) is 14.4 Å². The molecule has 1 aliphatic rings. The van der Waals surface area contributed by atoms with Gasteiger partial charge in [0, 0.05) is 25.8 Å². The average Bonchev–Trinajstić information content (AvgIpc) is 3.16. The van der Waals surface area contributed by atoms with Gasteiger partial charge in [-0.3, -0.25) is 4.79 Å². The highest BCUT2D eigenvalue weighted by Crippen LogP contribution is 2.23. The second kappa shape index (κ2) is 9.04. The van der Waals surface area contributed by atoms with Crippen molar-refractivity contribution in [1.82, 2.24) is 10.1 Å². The van der Waals surface area contributed by atoms with Crippen molar-refractivity contribution < 1.29 is 19.2 Å². The summed E-state index contributed by atoms with van der Waals surface area (Å²) in [5, 5.41) is 12.9. The van der Waals surface area contributed by atoms with Crippen LogP contribution in [0.15, 0.2) is 28.8 Å². The molecular weight excluding hydrogens is 344 g/mol. The van der Waals surface area contributed by atoms with Crippen molar-refractivity contribution >= 4 is 5.91 Å². The first-order valence-electron chi connectivity index (χ1n) is 9.62. The number of hydrogen-bond acceptors (Lipinski definition) is 5. The van der Waals surface area contributed by atoms with Crippen LogP contribution in [0, 0.1) is 19.8 Å². The first-order valence-corrected chi connectivity index (χ1v) is 9.62. The summed E-state index contributed by atoms with van der Waals surface area (Å²) in [5.41, 5.74) is 2.71. The first kappa shape index (κ1) is 19.4. The van der Waals surface area contributed by atoms with Crippen LogP contribution in [0.2, 0.25) is 0 Å². The van der Waals surface area contributed by atoms with E-state index in [0.29, 0.717) is 17.4 Å². The molecule has 27 heavy (non-hydrogen) atoms. The van der Waals surface area contributed by atoms with Crippen LogP contribution in [-0.2, 0) is 6.61 Å². The van der Waals surface area contributed by atoms with Gasteiger partial charge in [0.05, 0.1) is 0 Å². The van der Waals surface area contributed by atoms with Crippen LogP contribution in [0.25, 0.3) is 0 Å². The van der Waals surface area contributed by atoms with Crippen molar-refractivity contribution in [2.75, 3.05) is 19.7 Å². The lowest BCUT2D eigenvalue weighted by molar-refractivity contribution is 0.0653. The number of likely N-dealkylation sites (tertiary alicyclic amines) is 1. The van der Waals surface area contributed by atoms with Crippen molar-refractivity contribution in [1.29, 1.82) is 0 Å². The van der Waals surface area contributed by atoms with Crippen LogP contribution in [0.3, 0.4) is 0 Å². The van der Waals surface area contributed by atoms with Crippen molar-refractivity contribution in [3.63, 3.8) is 0 Å². The summed E-state index contributed by atoms with van der Waals surface area (Å²) in [7, 11) is 0. The second-order valence-electron chi connectivity index (χ2n) is 7.34. The minimum absolute atomic E-state index is 0.0927. The molecule has 0 radical (unpaired) electrons. The van der Waals surface area contributed by atoms with E-state index >= 15 is 0 Å². The quantitative estimate of drug-likeness (QED) is 0.805. The number of carbonyl (C=O) groups is 1. The van der Waals surface area contributed by atoms with Gasteiger partial charge in [0.1, 0.15) is 12.4 Å². The first-order chi connectivity index (χ1) is 13.1. The van der Waals surface area contributed by atoms with Crippen molar-refractivity contribution in [3.8, 4) is 5.75 Å². The van der Waals surface area contributed by atoms with Crippen LogP contribution < -0.4 is 4.74 Å². The monoisotopic (exact) mass is 372 g/mol. The van der Waals surface area contributed by atoms with E-state index in [1.54, 1.807) is 6.07 Å². The molecule has 1 aromatic heterocycles.